The lowest BCUT2D eigenvalue weighted by Crippen LogP contribution is -2.39. The van der Waals surface area contributed by atoms with E-state index in [1.165, 1.54) is 12.8 Å². The van der Waals surface area contributed by atoms with Crippen molar-refractivity contribution < 1.29 is 4.79 Å². The first kappa shape index (κ1) is 14.5. The quantitative estimate of drug-likeness (QED) is 0.385. The molecule has 0 aliphatic carbocycles. The SMILES string of the molecule is Cl.Cl.NNC(=O)CN1CCCC1. The fourth-order valence-electron chi connectivity index (χ4n) is 1.19. The molecule has 6 heteroatoms. The predicted molar refractivity (Wildman–Crippen MR) is 52.5 cm³/mol. The van der Waals surface area contributed by atoms with Crippen LogP contribution < -0.4 is 11.3 Å². The van der Waals surface area contributed by atoms with Crippen LogP contribution in [0.3, 0.4) is 0 Å². The van der Waals surface area contributed by atoms with Gasteiger partial charge in [-0.25, -0.2) is 5.84 Å². The fourth-order valence-corrected chi connectivity index (χ4v) is 1.19. The molecule has 0 aromatic carbocycles. The van der Waals surface area contributed by atoms with Gasteiger partial charge in [-0.1, -0.05) is 0 Å². The summed E-state index contributed by atoms with van der Waals surface area (Å²) >= 11 is 0. The average molecular weight is 216 g/mol. The Labute approximate surface area is 84.6 Å². The average Bonchev–Trinajstić information content (AvgIpc) is 2.40. The van der Waals surface area contributed by atoms with Crippen LogP contribution in [0.1, 0.15) is 12.8 Å². The van der Waals surface area contributed by atoms with Crippen LogP contribution >= 0.6 is 24.8 Å². The number of hydrogen-bond acceptors (Lipinski definition) is 3. The molecule has 1 aliphatic heterocycles. The van der Waals surface area contributed by atoms with Crippen LogP contribution in [-0.4, -0.2) is 30.4 Å². The maximum absolute atomic E-state index is 10.7. The number of nitrogens with two attached hydrogens (primary N) is 1. The van der Waals surface area contributed by atoms with Gasteiger partial charge in [0.15, 0.2) is 0 Å². The molecule has 0 aromatic heterocycles. The van der Waals surface area contributed by atoms with Crippen molar-refractivity contribution in [3.05, 3.63) is 0 Å². The molecule has 1 amide bonds. The molecule has 0 unspecified atom stereocenters. The van der Waals surface area contributed by atoms with Gasteiger partial charge < -0.3 is 0 Å². The molecule has 4 nitrogen and oxygen atoms in total. The Morgan fingerprint density at radius 3 is 2.25 bits per heavy atom. The van der Waals surface area contributed by atoms with Gasteiger partial charge in [0.1, 0.15) is 0 Å². The summed E-state index contributed by atoms with van der Waals surface area (Å²) < 4.78 is 0. The summed E-state index contributed by atoms with van der Waals surface area (Å²) in [5.74, 6) is 4.83. The lowest BCUT2D eigenvalue weighted by molar-refractivity contribution is -0.122. The summed E-state index contributed by atoms with van der Waals surface area (Å²) in [6.45, 7) is 2.53. The molecule has 74 valence electrons. The van der Waals surface area contributed by atoms with Crippen LogP contribution in [0, 0.1) is 0 Å². The highest BCUT2D eigenvalue weighted by Gasteiger charge is 2.13. The summed E-state index contributed by atoms with van der Waals surface area (Å²) in [5.41, 5.74) is 2.11. The number of hydrogen-bond donors (Lipinski definition) is 2. The van der Waals surface area contributed by atoms with Gasteiger partial charge in [0.05, 0.1) is 6.54 Å². The summed E-state index contributed by atoms with van der Waals surface area (Å²) in [7, 11) is 0. The number of halogens is 2. The van der Waals surface area contributed by atoms with Crippen molar-refractivity contribution in [3.63, 3.8) is 0 Å². The first-order valence-corrected chi connectivity index (χ1v) is 3.55. The summed E-state index contributed by atoms with van der Waals surface area (Å²) in [4.78, 5) is 12.8. The normalized spacial score (nSPS) is 16.1. The molecule has 12 heavy (non-hydrogen) atoms. The van der Waals surface area contributed by atoms with Gasteiger partial charge in [-0.3, -0.25) is 15.1 Å². The molecule has 0 saturated carbocycles. The topological polar surface area (TPSA) is 58.4 Å². The second-order valence-electron chi connectivity index (χ2n) is 2.55. The molecule has 0 radical (unpaired) electrons. The van der Waals surface area contributed by atoms with E-state index in [-0.39, 0.29) is 30.7 Å². The highest BCUT2D eigenvalue weighted by Crippen LogP contribution is 2.05. The lowest BCUT2D eigenvalue weighted by atomic mass is 10.4. The van der Waals surface area contributed by atoms with E-state index < -0.39 is 0 Å². The van der Waals surface area contributed by atoms with E-state index in [4.69, 9.17) is 5.84 Å². The van der Waals surface area contributed by atoms with Crippen LogP contribution in [-0.2, 0) is 4.79 Å². The highest BCUT2D eigenvalue weighted by molar-refractivity contribution is 5.85. The van der Waals surface area contributed by atoms with Crippen molar-refractivity contribution in [3.8, 4) is 0 Å². The minimum absolute atomic E-state index is 0. The Hall–Kier alpha value is -0.0300. The molecule has 1 saturated heterocycles. The standard InChI is InChI=1S/C6H13N3O.2ClH/c7-8-6(10)5-9-3-1-2-4-9;;/h1-5,7H2,(H,8,10);2*1H. The largest absolute Gasteiger partial charge is 0.294 e. The van der Waals surface area contributed by atoms with E-state index in [0.717, 1.165) is 13.1 Å². The van der Waals surface area contributed by atoms with Gasteiger partial charge in [-0.05, 0) is 25.9 Å². The van der Waals surface area contributed by atoms with Gasteiger partial charge in [-0.15, -0.1) is 24.8 Å². The molecule has 1 aliphatic rings. The lowest BCUT2D eigenvalue weighted by Gasteiger charge is -2.11. The monoisotopic (exact) mass is 215 g/mol. The fraction of sp³-hybridized carbons (Fsp3) is 0.833. The number of hydrazine groups is 1. The molecular formula is C6H15Cl2N3O. The molecule has 0 aromatic rings. The van der Waals surface area contributed by atoms with Crippen molar-refractivity contribution in [2.75, 3.05) is 19.6 Å². The number of nitrogens with one attached hydrogen (secondary N) is 1. The van der Waals surface area contributed by atoms with Crippen LogP contribution in [0.2, 0.25) is 0 Å². The first-order chi connectivity index (χ1) is 4.83. The Morgan fingerprint density at radius 2 is 1.83 bits per heavy atom. The summed E-state index contributed by atoms with van der Waals surface area (Å²) in [6, 6.07) is 0. The molecule has 3 N–H and O–H groups in total. The molecule has 1 heterocycles. The van der Waals surface area contributed by atoms with Crippen LogP contribution in [0.4, 0.5) is 0 Å². The van der Waals surface area contributed by atoms with Crippen molar-refractivity contribution >= 4 is 30.7 Å². The number of amides is 1. The summed E-state index contributed by atoms with van der Waals surface area (Å²) in [5, 5.41) is 0. The number of likely N-dealkylation sites (tertiary alicyclic amines) is 1. The third-order valence-corrected chi connectivity index (χ3v) is 1.73. The van der Waals surface area contributed by atoms with E-state index >= 15 is 0 Å². The van der Waals surface area contributed by atoms with Crippen molar-refractivity contribution in [2.24, 2.45) is 5.84 Å². The van der Waals surface area contributed by atoms with E-state index in [2.05, 4.69) is 10.3 Å². The zero-order chi connectivity index (χ0) is 7.40. The van der Waals surface area contributed by atoms with Gasteiger partial charge >= 0.3 is 0 Å². The van der Waals surface area contributed by atoms with Gasteiger partial charge in [0.2, 0.25) is 5.91 Å². The number of rotatable bonds is 2. The first-order valence-electron chi connectivity index (χ1n) is 3.55. The molecule has 0 spiro atoms. The van der Waals surface area contributed by atoms with Crippen LogP contribution in [0.5, 0.6) is 0 Å². The number of carbonyl (C=O) groups is 1. The van der Waals surface area contributed by atoms with Crippen molar-refractivity contribution in [2.45, 2.75) is 12.8 Å². The van der Waals surface area contributed by atoms with Crippen molar-refractivity contribution in [1.29, 1.82) is 0 Å². The van der Waals surface area contributed by atoms with Crippen LogP contribution in [0.15, 0.2) is 0 Å². The third kappa shape index (κ3) is 4.77. The van der Waals surface area contributed by atoms with Crippen LogP contribution in [0.25, 0.3) is 0 Å². The second-order valence-corrected chi connectivity index (χ2v) is 2.55. The minimum atomic E-state index is -0.0955. The maximum atomic E-state index is 10.7. The molecule has 1 rings (SSSR count). The Bertz CT molecular complexity index is 128. The summed E-state index contributed by atoms with van der Waals surface area (Å²) in [6.07, 6.45) is 2.41. The Morgan fingerprint density at radius 1 is 1.33 bits per heavy atom. The number of carbonyl (C=O) groups excluding carboxylic acids is 1. The Kier molecular flexibility index (Phi) is 9.19. The van der Waals surface area contributed by atoms with Gasteiger partial charge in [0.25, 0.3) is 0 Å². The van der Waals surface area contributed by atoms with Gasteiger partial charge in [-0.2, -0.15) is 0 Å². The zero-order valence-corrected chi connectivity index (χ0v) is 8.42. The molecule has 1 fully saturated rings. The van der Waals surface area contributed by atoms with E-state index in [1.54, 1.807) is 0 Å². The highest BCUT2D eigenvalue weighted by atomic mass is 35.5. The number of nitrogens with zero attached hydrogens (tertiary/aromatic N) is 1. The molecule has 0 atom stereocenters. The maximum Gasteiger partial charge on any atom is 0.248 e. The van der Waals surface area contributed by atoms with Gasteiger partial charge in [0, 0.05) is 0 Å². The third-order valence-electron chi connectivity index (χ3n) is 1.73. The van der Waals surface area contributed by atoms with E-state index in [0.29, 0.717) is 6.54 Å². The zero-order valence-electron chi connectivity index (χ0n) is 6.78. The van der Waals surface area contributed by atoms with E-state index in [1.807, 2.05) is 0 Å². The predicted octanol–water partition coefficient (Wildman–Crippen LogP) is -0.0843. The van der Waals surface area contributed by atoms with Crippen molar-refractivity contribution in [1.82, 2.24) is 10.3 Å². The molecule has 0 bridgehead atoms. The smallest absolute Gasteiger partial charge is 0.248 e. The second kappa shape index (κ2) is 7.61. The molecular weight excluding hydrogens is 201 g/mol. The Balaban J connectivity index is 0. The minimum Gasteiger partial charge on any atom is -0.294 e. The van der Waals surface area contributed by atoms with E-state index in [9.17, 15) is 4.79 Å².